The zero-order chi connectivity index (χ0) is 20.1. The summed E-state index contributed by atoms with van der Waals surface area (Å²) in [5.74, 6) is -3.25. The topological polar surface area (TPSA) is 98.8 Å². The SMILES string of the molecule is CC[C@@H]1C=CC[C@H](C(=O)[O-])[C@H]1C(=O)Nc1ccc(C(=O)N2CCOCC2)cc1. The third-order valence-corrected chi connectivity index (χ3v) is 5.44. The van der Waals surface area contributed by atoms with Crippen LogP contribution in [0.1, 0.15) is 30.1 Å². The number of hydrogen-bond donors (Lipinski definition) is 1. The molecule has 0 spiro atoms. The van der Waals surface area contributed by atoms with Gasteiger partial charge in [-0.2, -0.15) is 0 Å². The lowest BCUT2D eigenvalue weighted by atomic mass is 9.74. The lowest BCUT2D eigenvalue weighted by molar-refractivity contribution is -0.313. The van der Waals surface area contributed by atoms with Crippen LogP contribution in [0.3, 0.4) is 0 Å². The van der Waals surface area contributed by atoms with Crippen molar-refractivity contribution in [3.63, 3.8) is 0 Å². The van der Waals surface area contributed by atoms with Crippen molar-refractivity contribution in [3.05, 3.63) is 42.0 Å². The summed E-state index contributed by atoms with van der Waals surface area (Å²) in [6, 6.07) is 6.67. The fourth-order valence-electron chi connectivity index (χ4n) is 3.85. The molecule has 1 N–H and O–H groups in total. The molecule has 1 aliphatic carbocycles. The largest absolute Gasteiger partial charge is 0.550 e. The summed E-state index contributed by atoms with van der Waals surface area (Å²) in [5, 5.41) is 14.3. The lowest BCUT2D eigenvalue weighted by Gasteiger charge is -2.34. The summed E-state index contributed by atoms with van der Waals surface area (Å²) in [6.45, 7) is 4.13. The molecule has 2 amide bonds. The Morgan fingerprint density at radius 1 is 1.18 bits per heavy atom. The van der Waals surface area contributed by atoms with Crippen molar-refractivity contribution >= 4 is 23.5 Å². The van der Waals surface area contributed by atoms with Crippen LogP contribution in [0.2, 0.25) is 0 Å². The van der Waals surface area contributed by atoms with Crippen LogP contribution in [0.5, 0.6) is 0 Å². The molecule has 1 aromatic carbocycles. The molecule has 1 aromatic rings. The van der Waals surface area contributed by atoms with Gasteiger partial charge in [0.05, 0.1) is 19.1 Å². The molecule has 0 unspecified atom stereocenters. The number of nitrogens with one attached hydrogen (secondary N) is 1. The fourth-order valence-corrected chi connectivity index (χ4v) is 3.85. The summed E-state index contributed by atoms with van der Waals surface area (Å²) in [5.41, 5.74) is 1.07. The van der Waals surface area contributed by atoms with Gasteiger partial charge < -0.3 is 24.9 Å². The van der Waals surface area contributed by atoms with E-state index in [1.807, 2.05) is 19.1 Å². The number of benzene rings is 1. The third kappa shape index (κ3) is 4.42. The Kier molecular flexibility index (Phi) is 6.46. The zero-order valence-electron chi connectivity index (χ0n) is 15.9. The van der Waals surface area contributed by atoms with E-state index in [9.17, 15) is 19.5 Å². The van der Waals surface area contributed by atoms with Crippen LogP contribution in [-0.4, -0.2) is 49.0 Å². The van der Waals surface area contributed by atoms with Gasteiger partial charge in [0.15, 0.2) is 0 Å². The van der Waals surface area contributed by atoms with Crippen molar-refractivity contribution in [2.24, 2.45) is 17.8 Å². The Morgan fingerprint density at radius 2 is 1.86 bits per heavy atom. The number of carboxylic acids is 1. The molecule has 0 bridgehead atoms. The second kappa shape index (κ2) is 9.01. The normalized spacial score (nSPS) is 24.6. The van der Waals surface area contributed by atoms with Crippen molar-refractivity contribution < 1.29 is 24.2 Å². The molecule has 0 aromatic heterocycles. The van der Waals surface area contributed by atoms with E-state index in [1.54, 1.807) is 29.2 Å². The number of carbonyl (C=O) groups is 3. The molecule has 7 nitrogen and oxygen atoms in total. The monoisotopic (exact) mass is 385 g/mol. The summed E-state index contributed by atoms with van der Waals surface area (Å²) in [6.07, 6.45) is 4.69. The maximum atomic E-state index is 12.8. The number of ether oxygens (including phenoxy) is 1. The Morgan fingerprint density at radius 3 is 2.46 bits per heavy atom. The number of aliphatic carboxylic acids is 1. The highest BCUT2D eigenvalue weighted by Gasteiger charge is 2.36. The van der Waals surface area contributed by atoms with Gasteiger partial charge in [-0.25, -0.2) is 0 Å². The molecule has 28 heavy (non-hydrogen) atoms. The van der Waals surface area contributed by atoms with Gasteiger partial charge in [-0.05, 0) is 43.0 Å². The number of hydrogen-bond acceptors (Lipinski definition) is 5. The molecule has 150 valence electrons. The molecule has 1 aliphatic heterocycles. The van der Waals surface area contributed by atoms with Crippen molar-refractivity contribution in [2.75, 3.05) is 31.6 Å². The number of nitrogens with zero attached hydrogens (tertiary/aromatic N) is 1. The van der Waals surface area contributed by atoms with Crippen LogP contribution in [0.4, 0.5) is 5.69 Å². The summed E-state index contributed by atoms with van der Waals surface area (Å²) in [4.78, 5) is 38.5. The molecule has 7 heteroatoms. The van der Waals surface area contributed by atoms with Crippen LogP contribution >= 0.6 is 0 Å². The first-order chi connectivity index (χ1) is 13.5. The maximum absolute atomic E-state index is 12.8. The molecule has 1 fully saturated rings. The van der Waals surface area contributed by atoms with Gasteiger partial charge in [-0.3, -0.25) is 9.59 Å². The summed E-state index contributed by atoms with van der Waals surface area (Å²) < 4.78 is 5.26. The van der Waals surface area contributed by atoms with E-state index < -0.39 is 17.8 Å². The molecule has 2 aliphatic rings. The second-order valence-corrected chi connectivity index (χ2v) is 7.16. The lowest BCUT2D eigenvalue weighted by Crippen LogP contribution is -2.44. The van der Waals surface area contributed by atoms with Crippen LogP contribution < -0.4 is 10.4 Å². The van der Waals surface area contributed by atoms with Crippen molar-refractivity contribution in [1.29, 1.82) is 0 Å². The first-order valence-electron chi connectivity index (χ1n) is 9.66. The number of carbonyl (C=O) groups excluding carboxylic acids is 3. The second-order valence-electron chi connectivity index (χ2n) is 7.16. The maximum Gasteiger partial charge on any atom is 0.254 e. The number of anilines is 1. The van der Waals surface area contributed by atoms with Crippen LogP contribution in [0.15, 0.2) is 36.4 Å². The van der Waals surface area contributed by atoms with E-state index in [4.69, 9.17) is 4.74 Å². The number of amides is 2. The third-order valence-electron chi connectivity index (χ3n) is 5.44. The van der Waals surface area contributed by atoms with Crippen LogP contribution in [0, 0.1) is 17.8 Å². The minimum absolute atomic E-state index is 0.0679. The average molecular weight is 385 g/mol. The minimum Gasteiger partial charge on any atom is -0.550 e. The summed E-state index contributed by atoms with van der Waals surface area (Å²) >= 11 is 0. The van der Waals surface area contributed by atoms with E-state index in [0.29, 0.717) is 50.4 Å². The first kappa shape index (κ1) is 20.1. The van der Waals surface area contributed by atoms with E-state index in [2.05, 4.69) is 5.32 Å². The molecular weight excluding hydrogens is 360 g/mol. The smallest absolute Gasteiger partial charge is 0.254 e. The molecule has 3 atom stereocenters. The minimum atomic E-state index is -1.20. The van der Waals surface area contributed by atoms with Crippen LogP contribution in [0.25, 0.3) is 0 Å². The summed E-state index contributed by atoms with van der Waals surface area (Å²) in [7, 11) is 0. The highest BCUT2D eigenvalue weighted by molar-refractivity contribution is 5.97. The molecule has 3 rings (SSSR count). The molecule has 0 saturated carbocycles. The predicted molar refractivity (Wildman–Crippen MR) is 101 cm³/mol. The number of morpholine rings is 1. The quantitative estimate of drug-likeness (QED) is 0.765. The van der Waals surface area contributed by atoms with Crippen LogP contribution in [-0.2, 0) is 14.3 Å². The van der Waals surface area contributed by atoms with E-state index >= 15 is 0 Å². The Bertz CT molecular complexity index is 753. The fraction of sp³-hybridized carbons (Fsp3) is 0.476. The van der Waals surface area contributed by atoms with Gasteiger partial charge in [-0.15, -0.1) is 0 Å². The Labute approximate surface area is 164 Å². The van der Waals surface area contributed by atoms with E-state index in [-0.39, 0.29) is 17.7 Å². The number of rotatable bonds is 5. The van der Waals surface area contributed by atoms with Crippen molar-refractivity contribution in [1.82, 2.24) is 4.90 Å². The molecule has 1 saturated heterocycles. The van der Waals surface area contributed by atoms with E-state index in [1.165, 1.54) is 0 Å². The molecule has 0 radical (unpaired) electrons. The molecule has 1 heterocycles. The molecular formula is C21H25N2O5-. The van der Waals surface area contributed by atoms with Gasteiger partial charge in [0.2, 0.25) is 5.91 Å². The highest BCUT2D eigenvalue weighted by Crippen LogP contribution is 2.33. The van der Waals surface area contributed by atoms with Crippen molar-refractivity contribution in [3.8, 4) is 0 Å². The number of allylic oxidation sites excluding steroid dienone is 2. The Balaban J connectivity index is 1.68. The number of carboxylic acid groups (broad SMARTS) is 1. The predicted octanol–water partition coefficient (Wildman–Crippen LogP) is 1.07. The van der Waals surface area contributed by atoms with E-state index in [0.717, 1.165) is 0 Å². The van der Waals surface area contributed by atoms with Crippen molar-refractivity contribution in [2.45, 2.75) is 19.8 Å². The standard InChI is InChI=1S/C21H26N2O5/c1-2-14-4-3-5-17(21(26)27)18(14)19(24)22-16-8-6-15(7-9-16)20(25)23-10-12-28-13-11-23/h3-4,6-9,14,17-18H,2,5,10-13H2,1H3,(H,22,24)(H,26,27)/p-1/t14-,17+,18+/m1/s1. The first-order valence-corrected chi connectivity index (χ1v) is 9.66. The highest BCUT2D eigenvalue weighted by atomic mass is 16.5. The average Bonchev–Trinajstić information content (AvgIpc) is 2.73. The van der Waals surface area contributed by atoms with Gasteiger partial charge in [0.25, 0.3) is 5.91 Å². The Hall–Kier alpha value is -2.67. The van der Waals surface area contributed by atoms with Gasteiger partial charge in [-0.1, -0.05) is 19.1 Å². The van der Waals surface area contributed by atoms with Gasteiger partial charge >= 0.3 is 0 Å². The zero-order valence-corrected chi connectivity index (χ0v) is 15.9. The van der Waals surface area contributed by atoms with Gasteiger partial charge in [0, 0.05) is 36.2 Å². The van der Waals surface area contributed by atoms with Gasteiger partial charge in [0.1, 0.15) is 0 Å².